The predicted molar refractivity (Wildman–Crippen MR) is 126 cm³/mol. The molecule has 0 spiro atoms. The number of likely N-dealkylation sites (tertiary alicyclic amines) is 1. The molecule has 1 fully saturated rings. The zero-order chi connectivity index (χ0) is 25.3. The van der Waals surface area contributed by atoms with Crippen LogP contribution in [0, 0.1) is 0 Å². The van der Waals surface area contributed by atoms with Gasteiger partial charge in [-0.2, -0.15) is 0 Å². The van der Waals surface area contributed by atoms with E-state index >= 15 is 0 Å². The number of anilines is 1. The SMILES string of the molecule is CC(C)(C)OC(=O)N1CCCC(c2cc(-c3c(O)cccc3OC(C)(C)C(=O)O)nc(N)n2)C1. The Hall–Kier alpha value is -3.56. The van der Waals surface area contributed by atoms with E-state index in [4.69, 9.17) is 15.2 Å². The molecule has 2 aromatic rings. The number of benzene rings is 1. The lowest BCUT2D eigenvalue weighted by molar-refractivity contribution is -0.152. The first kappa shape index (κ1) is 25.1. The number of ether oxygens (including phenoxy) is 2. The van der Waals surface area contributed by atoms with Crippen molar-refractivity contribution in [2.75, 3.05) is 18.8 Å². The summed E-state index contributed by atoms with van der Waals surface area (Å²) in [6.45, 7) is 9.28. The van der Waals surface area contributed by atoms with Crippen molar-refractivity contribution < 1.29 is 29.3 Å². The van der Waals surface area contributed by atoms with Crippen molar-refractivity contribution in [1.29, 1.82) is 0 Å². The molecule has 2 heterocycles. The first-order chi connectivity index (χ1) is 15.8. The number of carbonyl (C=O) groups excluding carboxylic acids is 1. The lowest BCUT2D eigenvalue weighted by atomic mass is 9.93. The highest BCUT2D eigenvalue weighted by Crippen LogP contribution is 2.40. The van der Waals surface area contributed by atoms with E-state index in [0.29, 0.717) is 24.5 Å². The van der Waals surface area contributed by atoms with Crippen molar-refractivity contribution in [2.45, 2.75) is 64.6 Å². The Balaban J connectivity index is 1.95. The third-order valence-corrected chi connectivity index (χ3v) is 5.40. The molecule has 1 aromatic carbocycles. The molecule has 1 atom stereocenters. The molecule has 0 saturated carbocycles. The van der Waals surface area contributed by atoms with Gasteiger partial charge in [0.2, 0.25) is 5.95 Å². The predicted octanol–water partition coefficient (Wildman–Crippen LogP) is 3.79. The van der Waals surface area contributed by atoms with Gasteiger partial charge in [0, 0.05) is 19.0 Å². The molecule has 0 bridgehead atoms. The largest absolute Gasteiger partial charge is 0.507 e. The molecule has 1 aliphatic heterocycles. The van der Waals surface area contributed by atoms with Crippen molar-refractivity contribution in [3.8, 4) is 22.8 Å². The summed E-state index contributed by atoms with van der Waals surface area (Å²) < 4.78 is 11.2. The zero-order valence-electron chi connectivity index (χ0n) is 20.2. The second kappa shape index (κ2) is 9.36. The van der Waals surface area contributed by atoms with Crippen LogP contribution in [0.2, 0.25) is 0 Å². The van der Waals surface area contributed by atoms with E-state index in [-0.39, 0.29) is 35.0 Å². The van der Waals surface area contributed by atoms with Crippen LogP contribution < -0.4 is 10.5 Å². The Labute approximate surface area is 198 Å². The Kier molecular flexibility index (Phi) is 6.90. The van der Waals surface area contributed by atoms with E-state index in [2.05, 4.69) is 9.97 Å². The summed E-state index contributed by atoms with van der Waals surface area (Å²) in [6, 6.07) is 6.26. The number of hydrogen-bond acceptors (Lipinski definition) is 8. The van der Waals surface area contributed by atoms with Crippen LogP contribution in [0.25, 0.3) is 11.3 Å². The van der Waals surface area contributed by atoms with Gasteiger partial charge in [0.15, 0.2) is 5.60 Å². The minimum absolute atomic E-state index is 0.00594. The summed E-state index contributed by atoms with van der Waals surface area (Å²) in [5.74, 6) is -1.27. The smallest absolute Gasteiger partial charge is 0.410 e. The molecular weight excluding hydrogens is 440 g/mol. The lowest BCUT2D eigenvalue weighted by Crippen LogP contribution is -2.42. The minimum Gasteiger partial charge on any atom is -0.507 e. The van der Waals surface area contributed by atoms with Crippen molar-refractivity contribution in [2.24, 2.45) is 0 Å². The number of aromatic hydroxyl groups is 1. The van der Waals surface area contributed by atoms with Crippen LogP contribution in [-0.4, -0.2) is 61.4 Å². The molecule has 3 rings (SSSR count). The van der Waals surface area contributed by atoms with Crippen LogP contribution in [0.5, 0.6) is 11.5 Å². The molecular formula is C24H32N4O6. The third kappa shape index (κ3) is 5.86. The Morgan fingerprint density at radius 1 is 1.18 bits per heavy atom. The highest BCUT2D eigenvalue weighted by Gasteiger charge is 2.32. The van der Waals surface area contributed by atoms with Crippen molar-refractivity contribution in [3.05, 3.63) is 30.0 Å². The number of phenols is 1. The van der Waals surface area contributed by atoms with Gasteiger partial charge in [0.1, 0.15) is 17.1 Å². The number of carbonyl (C=O) groups is 2. The van der Waals surface area contributed by atoms with E-state index in [1.807, 2.05) is 20.8 Å². The van der Waals surface area contributed by atoms with E-state index < -0.39 is 17.2 Å². The van der Waals surface area contributed by atoms with Gasteiger partial charge in [0.05, 0.1) is 17.0 Å². The maximum atomic E-state index is 12.6. The summed E-state index contributed by atoms with van der Waals surface area (Å²) in [5, 5.41) is 20.1. The van der Waals surface area contributed by atoms with Crippen LogP contribution in [0.4, 0.5) is 10.7 Å². The third-order valence-electron chi connectivity index (χ3n) is 5.40. The number of nitrogens with zero attached hydrogens (tertiary/aromatic N) is 3. The number of nitrogen functional groups attached to an aromatic ring is 1. The number of carboxylic acid groups (broad SMARTS) is 1. The molecule has 184 valence electrons. The fourth-order valence-electron chi connectivity index (χ4n) is 3.71. The van der Waals surface area contributed by atoms with Crippen molar-refractivity contribution >= 4 is 18.0 Å². The second-order valence-corrected chi connectivity index (χ2v) is 9.87. The van der Waals surface area contributed by atoms with Crippen molar-refractivity contribution in [1.82, 2.24) is 14.9 Å². The van der Waals surface area contributed by atoms with E-state index in [0.717, 1.165) is 12.8 Å². The number of carboxylic acids is 1. The van der Waals surface area contributed by atoms with Gasteiger partial charge in [-0.1, -0.05) is 6.07 Å². The summed E-state index contributed by atoms with van der Waals surface area (Å²) in [4.78, 5) is 34.5. The van der Waals surface area contributed by atoms with E-state index in [1.54, 1.807) is 23.1 Å². The number of phenolic OH excluding ortho intramolecular Hbond substituents is 1. The summed E-state index contributed by atoms with van der Waals surface area (Å²) >= 11 is 0. The summed E-state index contributed by atoms with van der Waals surface area (Å²) in [6.07, 6.45) is 1.17. The first-order valence-corrected chi connectivity index (χ1v) is 11.1. The van der Waals surface area contributed by atoms with Gasteiger partial charge in [0.25, 0.3) is 0 Å². The molecule has 1 saturated heterocycles. The number of aromatic nitrogens is 2. The molecule has 0 aliphatic carbocycles. The first-order valence-electron chi connectivity index (χ1n) is 11.1. The fraction of sp³-hybridized carbons (Fsp3) is 0.500. The summed E-state index contributed by atoms with van der Waals surface area (Å²) in [5.41, 5.74) is 5.00. The van der Waals surface area contributed by atoms with Crippen LogP contribution in [0.3, 0.4) is 0 Å². The highest BCUT2D eigenvalue weighted by atomic mass is 16.6. The van der Waals surface area contributed by atoms with Gasteiger partial charge < -0.3 is 30.3 Å². The normalized spacial score (nSPS) is 16.7. The maximum absolute atomic E-state index is 12.6. The number of nitrogens with two attached hydrogens (primary N) is 1. The number of aliphatic carboxylic acids is 1. The van der Waals surface area contributed by atoms with Gasteiger partial charge in [-0.3, -0.25) is 0 Å². The molecule has 1 aliphatic rings. The van der Waals surface area contributed by atoms with Gasteiger partial charge >= 0.3 is 12.1 Å². The van der Waals surface area contributed by atoms with E-state index in [9.17, 15) is 19.8 Å². The Morgan fingerprint density at radius 3 is 2.53 bits per heavy atom. The number of piperidine rings is 1. The van der Waals surface area contributed by atoms with Gasteiger partial charge in [-0.25, -0.2) is 19.6 Å². The minimum atomic E-state index is -1.54. The maximum Gasteiger partial charge on any atom is 0.410 e. The molecule has 1 unspecified atom stereocenters. The van der Waals surface area contributed by atoms with Gasteiger partial charge in [-0.15, -0.1) is 0 Å². The number of rotatable bonds is 5. The van der Waals surface area contributed by atoms with Crippen LogP contribution in [0.1, 0.15) is 59.1 Å². The van der Waals surface area contributed by atoms with Crippen LogP contribution in [-0.2, 0) is 9.53 Å². The Morgan fingerprint density at radius 2 is 1.88 bits per heavy atom. The topological polar surface area (TPSA) is 148 Å². The molecule has 0 radical (unpaired) electrons. The molecule has 10 nitrogen and oxygen atoms in total. The number of hydrogen-bond donors (Lipinski definition) is 3. The molecule has 10 heteroatoms. The average molecular weight is 473 g/mol. The molecule has 4 N–H and O–H groups in total. The van der Waals surface area contributed by atoms with Gasteiger partial charge in [-0.05, 0) is 65.7 Å². The molecule has 1 aromatic heterocycles. The standard InChI is InChI=1S/C24H32N4O6/c1-23(2,3)34-22(32)28-11-7-8-14(13-28)15-12-16(27-21(25)26-15)19-17(29)9-6-10-18(19)33-24(4,5)20(30)31/h6,9-10,12,14,29H,7-8,11,13H2,1-5H3,(H,30,31)(H2,25,26,27). The Bertz CT molecular complexity index is 1080. The average Bonchev–Trinajstić information content (AvgIpc) is 2.72. The van der Waals surface area contributed by atoms with Crippen LogP contribution in [0.15, 0.2) is 24.3 Å². The zero-order valence-corrected chi connectivity index (χ0v) is 20.2. The second-order valence-electron chi connectivity index (χ2n) is 9.87. The van der Waals surface area contributed by atoms with Crippen LogP contribution >= 0.6 is 0 Å². The fourth-order valence-corrected chi connectivity index (χ4v) is 3.71. The number of amides is 1. The monoisotopic (exact) mass is 472 g/mol. The highest BCUT2D eigenvalue weighted by molar-refractivity contribution is 5.79. The lowest BCUT2D eigenvalue weighted by Gasteiger charge is -2.34. The molecule has 34 heavy (non-hydrogen) atoms. The molecule has 1 amide bonds. The van der Waals surface area contributed by atoms with E-state index in [1.165, 1.54) is 19.9 Å². The van der Waals surface area contributed by atoms with Crippen molar-refractivity contribution in [3.63, 3.8) is 0 Å². The summed E-state index contributed by atoms with van der Waals surface area (Å²) in [7, 11) is 0. The quantitative estimate of drug-likeness (QED) is 0.591.